The molecule has 0 aliphatic carbocycles. The van der Waals surface area contributed by atoms with E-state index >= 15 is 0 Å². The number of ether oxygens (including phenoxy) is 1. The van der Waals surface area contributed by atoms with E-state index in [-0.39, 0.29) is 0 Å². The van der Waals surface area contributed by atoms with Gasteiger partial charge < -0.3 is 15.4 Å². The number of hydrogen-bond donors (Lipinski definition) is 2. The van der Waals surface area contributed by atoms with Gasteiger partial charge in [-0.3, -0.25) is 0 Å². The first-order valence-electron chi connectivity index (χ1n) is 7.32. The first kappa shape index (κ1) is 13.3. The van der Waals surface area contributed by atoms with Gasteiger partial charge in [0.15, 0.2) is 0 Å². The van der Waals surface area contributed by atoms with Gasteiger partial charge in [-0.2, -0.15) is 0 Å². The first-order valence-corrected chi connectivity index (χ1v) is 7.32. The molecular formula is C14H28N2O. The maximum absolute atomic E-state index is 5.42. The summed E-state index contributed by atoms with van der Waals surface area (Å²) in [5.41, 5.74) is 0.340. The highest BCUT2D eigenvalue weighted by atomic mass is 16.5. The normalized spacial score (nSPS) is 25.9. The van der Waals surface area contributed by atoms with Crippen LogP contribution in [0.4, 0.5) is 0 Å². The van der Waals surface area contributed by atoms with Crippen LogP contribution in [0.1, 0.15) is 45.4 Å². The summed E-state index contributed by atoms with van der Waals surface area (Å²) in [7, 11) is 0. The molecule has 0 aromatic rings. The summed E-state index contributed by atoms with van der Waals surface area (Å²) in [6, 6.07) is 0. The third-order valence-electron chi connectivity index (χ3n) is 4.40. The van der Waals surface area contributed by atoms with Crippen molar-refractivity contribution in [3.8, 4) is 0 Å². The van der Waals surface area contributed by atoms with Crippen LogP contribution in [-0.4, -0.2) is 38.4 Å². The van der Waals surface area contributed by atoms with E-state index in [1.54, 1.807) is 0 Å². The fourth-order valence-corrected chi connectivity index (χ4v) is 2.95. The van der Waals surface area contributed by atoms with Crippen LogP contribution in [0.2, 0.25) is 0 Å². The van der Waals surface area contributed by atoms with Crippen molar-refractivity contribution >= 4 is 0 Å². The molecule has 2 rings (SSSR count). The van der Waals surface area contributed by atoms with Gasteiger partial charge in [-0.1, -0.05) is 0 Å². The second kappa shape index (κ2) is 6.72. The molecule has 0 radical (unpaired) electrons. The lowest BCUT2D eigenvalue weighted by atomic mass is 9.91. The van der Waals surface area contributed by atoms with E-state index in [1.807, 2.05) is 0 Å². The van der Waals surface area contributed by atoms with Crippen molar-refractivity contribution in [2.24, 2.45) is 5.92 Å². The summed E-state index contributed by atoms with van der Waals surface area (Å²) < 4.78 is 5.42. The van der Waals surface area contributed by atoms with Gasteiger partial charge in [0, 0.05) is 18.8 Å². The molecule has 0 saturated carbocycles. The number of rotatable bonds is 5. The highest BCUT2D eigenvalue weighted by Gasteiger charge is 2.26. The van der Waals surface area contributed by atoms with Crippen LogP contribution in [0, 0.1) is 5.92 Å². The van der Waals surface area contributed by atoms with Crippen LogP contribution in [0.5, 0.6) is 0 Å². The minimum absolute atomic E-state index is 0.340. The average molecular weight is 240 g/mol. The molecular weight excluding hydrogens is 212 g/mol. The van der Waals surface area contributed by atoms with E-state index in [0.717, 1.165) is 19.1 Å². The van der Waals surface area contributed by atoms with Gasteiger partial charge in [0.1, 0.15) is 0 Å². The second-order valence-electron chi connectivity index (χ2n) is 5.94. The van der Waals surface area contributed by atoms with Gasteiger partial charge >= 0.3 is 0 Å². The zero-order valence-electron chi connectivity index (χ0n) is 11.3. The van der Waals surface area contributed by atoms with Crippen LogP contribution < -0.4 is 10.6 Å². The van der Waals surface area contributed by atoms with Crippen molar-refractivity contribution < 1.29 is 4.74 Å². The Hall–Kier alpha value is -0.120. The molecule has 17 heavy (non-hydrogen) atoms. The molecule has 2 aliphatic rings. The van der Waals surface area contributed by atoms with Crippen LogP contribution in [-0.2, 0) is 4.74 Å². The number of nitrogens with one attached hydrogen (secondary N) is 2. The highest BCUT2D eigenvalue weighted by Crippen LogP contribution is 2.21. The molecule has 2 N–H and O–H groups in total. The Kier molecular flexibility index (Phi) is 5.26. The molecule has 2 aliphatic heterocycles. The fourth-order valence-electron chi connectivity index (χ4n) is 2.95. The van der Waals surface area contributed by atoms with E-state index in [1.165, 1.54) is 58.2 Å². The summed E-state index contributed by atoms with van der Waals surface area (Å²) in [6.45, 7) is 7.84. The van der Waals surface area contributed by atoms with E-state index in [2.05, 4.69) is 17.6 Å². The SMILES string of the molecule is CC1(NCCCC2CCNCC2)CCOCC1. The second-order valence-corrected chi connectivity index (χ2v) is 5.94. The van der Waals surface area contributed by atoms with Crippen molar-refractivity contribution in [3.05, 3.63) is 0 Å². The third kappa shape index (κ3) is 4.57. The standard InChI is InChI=1S/C14H28N2O/c1-14(6-11-17-12-7-14)16-8-2-3-13-4-9-15-10-5-13/h13,15-16H,2-12H2,1H3. The molecule has 2 fully saturated rings. The smallest absolute Gasteiger partial charge is 0.0483 e. The van der Waals surface area contributed by atoms with Gasteiger partial charge in [0.05, 0.1) is 0 Å². The van der Waals surface area contributed by atoms with Gasteiger partial charge in [-0.05, 0) is 71.0 Å². The largest absolute Gasteiger partial charge is 0.381 e. The number of piperidine rings is 1. The topological polar surface area (TPSA) is 33.3 Å². The van der Waals surface area contributed by atoms with Gasteiger partial charge in [0.25, 0.3) is 0 Å². The van der Waals surface area contributed by atoms with E-state index in [9.17, 15) is 0 Å². The molecule has 2 heterocycles. The van der Waals surface area contributed by atoms with Crippen LogP contribution >= 0.6 is 0 Å². The van der Waals surface area contributed by atoms with Crippen molar-refractivity contribution in [1.82, 2.24) is 10.6 Å². The maximum atomic E-state index is 5.42. The molecule has 0 aromatic carbocycles. The Morgan fingerprint density at radius 3 is 2.65 bits per heavy atom. The molecule has 2 saturated heterocycles. The van der Waals surface area contributed by atoms with Crippen molar-refractivity contribution in [1.29, 1.82) is 0 Å². The molecule has 3 heteroatoms. The average Bonchev–Trinajstić information content (AvgIpc) is 2.37. The zero-order chi connectivity index (χ0) is 12.0. The Balaban J connectivity index is 1.55. The molecule has 0 atom stereocenters. The monoisotopic (exact) mass is 240 g/mol. The van der Waals surface area contributed by atoms with Gasteiger partial charge in [0.2, 0.25) is 0 Å². The van der Waals surface area contributed by atoms with Gasteiger partial charge in [-0.25, -0.2) is 0 Å². The van der Waals surface area contributed by atoms with Gasteiger partial charge in [-0.15, -0.1) is 0 Å². The Morgan fingerprint density at radius 1 is 1.24 bits per heavy atom. The molecule has 0 bridgehead atoms. The summed E-state index contributed by atoms with van der Waals surface area (Å²) in [5, 5.41) is 7.18. The van der Waals surface area contributed by atoms with Crippen molar-refractivity contribution in [2.45, 2.75) is 51.0 Å². The van der Waals surface area contributed by atoms with E-state index < -0.39 is 0 Å². The summed E-state index contributed by atoms with van der Waals surface area (Å²) >= 11 is 0. The van der Waals surface area contributed by atoms with E-state index in [4.69, 9.17) is 4.74 Å². The fraction of sp³-hybridized carbons (Fsp3) is 1.00. The Morgan fingerprint density at radius 2 is 1.94 bits per heavy atom. The predicted octanol–water partition coefficient (Wildman–Crippen LogP) is 1.92. The molecule has 0 unspecified atom stereocenters. The lowest BCUT2D eigenvalue weighted by Crippen LogP contribution is -2.47. The third-order valence-corrected chi connectivity index (χ3v) is 4.40. The highest BCUT2D eigenvalue weighted by molar-refractivity contribution is 4.85. The minimum Gasteiger partial charge on any atom is -0.381 e. The quantitative estimate of drug-likeness (QED) is 0.720. The van der Waals surface area contributed by atoms with E-state index in [0.29, 0.717) is 5.54 Å². The molecule has 0 aromatic heterocycles. The zero-order valence-corrected chi connectivity index (χ0v) is 11.3. The summed E-state index contributed by atoms with van der Waals surface area (Å²) in [5.74, 6) is 0.973. The summed E-state index contributed by atoms with van der Waals surface area (Å²) in [4.78, 5) is 0. The molecule has 3 nitrogen and oxygen atoms in total. The lowest BCUT2D eigenvalue weighted by Gasteiger charge is -2.35. The maximum Gasteiger partial charge on any atom is 0.0483 e. The Labute approximate surface area is 106 Å². The molecule has 0 amide bonds. The van der Waals surface area contributed by atoms with Crippen molar-refractivity contribution in [2.75, 3.05) is 32.8 Å². The van der Waals surface area contributed by atoms with Crippen LogP contribution in [0.25, 0.3) is 0 Å². The number of hydrogen-bond acceptors (Lipinski definition) is 3. The van der Waals surface area contributed by atoms with Crippen LogP contribution in [0.15, 0.2) is 0 Å². The molecule has 100 valence electrons. The Bertz CT molecular complexity index is 208. The lowest BCUT2D eigenvalue weighted by molar-refractivity contribution is 0.0451. The van der Waals surface area contributed by atoms with Crippen molar-refractivity contribution in [3.63, 3.8) is 0 Å². The predicted molar refractivity (Wildman–Crippen MR) is 71.3 cm³/mol. The molecule has 0 spiro atoms. The minimum atomic E-state index is 0.340. The van der Waals surface area contributed by atoms with Crippen LogP contribution in [0.3, 0.4) is 0 Å². The summed E-state index contributed by atoms with van der Waals surface area (Å²) in [6.07, 6.45) is 7.83. The first-order chi connectivity index (χ1) is 8.29.